The second-order valence-corrected chi connectivity index (χ2v) is 9.32. The molecule has 1 amide bonds. The van der Waals surface area contributed by atoms with E-state index < -0.39 is 0 Å². The maximum atomic E-state index is 13.3. The van der Waals surface area contributed by atoms with Crippen LogP contribution in [0, 0.1) is 19.3 Å². The zero-order valence-corrected chi connectivity index (χ0v) is 21.2. The first kappa shape index (κ1) is 25.8. The third-order valence-electron chi connectivity index (χ3n) is 5.51. The predicted molar refractivity (Wildman–Crippen MR) is 141 cm³/mol. The van der Waals surface area contributed by atoms with Gasteiger partial charge in [0.15, 0.2) is 0 Å². The van der Waals surface area contributed by atoms with Gasteiger partial charge in [-0.1, -0.05) is 18.2 Å². The van der Waals surface area contributed by atoms with Gasteiger partial charge in [0.25, 0.3) is 11.5 Å². The number of amides is 1. The molecule has 0 spiro atoms. The number of carbonyl (C=O) groups is 1. The molecule has 0 saturated heterocycles. The van der Waals surface area contributed by atoms with Gasteiger partial charge in [-0.2, -0.15) is 0 Å². The van der Waals surface area contributed by atoms with Crippen molar-refractivity contribution in [1.29, 1.82) is 5.41 Å². The molecule has 0 aliphatic rings. The number of H-pyrrole nitrogens is 1. The van der Waals surface area contributed by atoms with Crippen LogP contribution in [0.3, 0.4) is 0 Å². The molecule has 0 atom stereocenters. The third kappa shape index (κ3) is 6.42. The Morgan fingerprint density at radius 3 is 2.57 bits per heavy atom. The summed E-state index contributed by atoms with van der Waals surface area (Å²) in [7, 11) is 4.02. The summed E-state index contributed by atoms with van der Waals surface area (Å²) < 4.78 is 0. The van der Waals surface area contributed by atoms with Crippen molar-refractivity contribution in [2.75, 3.05) is 19.4 Å². The van der Waals surface area contributed by atoms with Gasteiger partial charge in [-0.3, -0.25) is 9.59 Å². The number of nitrogens with zero attached hydrogens (tertiary/aromatic N) is 2. The number of anilines is 1. The van der Waals surface area contributed by atoms with Crippen molar-refractivity contribution in [2.24, 2.45) is 0 Å². The lowest BCUT2D eigenvalue weighted by Gasteiger charge is -2.17. The van der Waals surface area contributed by atoms with Crippen molar-refractivity contribution in [1.82, 2.24) is 20.2 Å². The highest BCUT2D eigenvalue weighted by Crippen LogP contribution is 2.26. The van der Waals surface area contributed by atoms with Crippen LogP contribution in [0.15, 0.2) is 41.2 Å². The zero-order chi connectivity index (χ0) is 25.7. The second kappa shape index (κ2) is 11.1. The van der Waals surface area contributed by atoms with Crippen molar-refractivity contribution in [2.45, 2.75) is 46.8 Å². The van der Waals surface area contributed by atoms with Crippen LogP contribution >= 0.6 is 0 Å². The maximum absolute atomic E-state index is 13.3. The molecule has 0 fully saturated rings. The van der Waals surface area contributed by atoms with E-state index in [4.69, 9.17) is 10.4 Å². The maximum Gasteiger partial charge on any atom is 0.253 e. The standard InChI is InChI=1S/C27H34N6O2/c1-16(2)30-25-22(13-28)21(26(34)29-14-23-17(3)10-18(4)31-27(23)35)12-24(32-25)20-9-7-8-19(11-20)15-33(5)6/h7-13,16,28H,14-15H2,1-6H3,(H,29,34)(H,30,32)(H,31,35). The first-order valence-electron chi connectivity index (χ1n) is 11.6. The van der Waals surface area contributed by atoms with Crippen LogP contribution in [0.4, 0.5) is 5.82 Å². The number of nitrogens with one attached hydrogen (secondary N) is 4. The van der Waals surface area contributed by atoms with Crippen molar-refractivity contribution < 1.29 is 4.79 Å². The van der Waals surface area contributed by atoms with E-state index in [-0.39, 0.29) is 24.1 Å². The Labute approximate surface area is 206 Å². The van der Waals surface area contributed by atoms with Crippen molar-refractivity contribution in [3.63, 3.8) is 0 Å². The van der Waals surface area contributed by atoms with Gasteiger partial charge in [0.1, 0.15) is 5.82 Å². The summed E-state index contributed by atoms with van der Waals surface area (Å²) >= 11 is 0. The highest BCUT2D eigenvalue weighted by Gasteiger charge is 2.19. The molecule has 0 aliphatic carbocycles. The highest BCUT2D eigenvalue weighted by atomic mass is 16.1. The van der Waals surface area contributed by atoms with E-state index in [1.807, 2.05) is 60.0 Å². The van der Waals surface area contributed by atoms with Crippen LogP contribution in [0.25, 0.3) is 11.3 Å². The van der Waals surface area contributed by atoms with Crippen LogP contribution < -0.4 is 16.2 Å². The molecule has 4 N–H and O–H groups in total. The minimum atomic E-state index is -0.372. The van der Waals surface area contributed by atoms with Gasteiger partial charge in [-0.15, -0.1) is 0 Å². The Morgan fingerprint density at radius 1 is 1.20 bits per heavy atom. The lowest BCUT2D eigenvalue weighted by molar-refractivity contribution is 0.0950. The van der Waals surface area contributed by atoms with Gasteiger partial charge < -0.3 is 25.9 Å². The Balaban J connectivity index is 2.03. The normalized spacial score (nSPS) is 11.1. The van der Waals surface area contributed by atoms with Crippen LogP contribution in [0.2, 0.25) is 0 Å². The molecule has 184 valence electrons. The number of hydrogen-bond acceptors (Lipinski definition) is 6. The van der Waals surface area contributed by atoms with E-state index in [9.17, 15) is 9.59 Å². The zero-order valence-electron chi connectivity index (χ0n) is 21.2. The fourth-order valence-electron chi connectivity index (χ4n) is 3.98. The van der Waals surface area contributed by atoms with Gasteiger partial charge >= 0.3 is 0 Å². The third-order valence-corrected chi connectivity index (χ3v) is 5.51. The predicted octanol–water partition coefficient (Wildman–Crippen LogP) is 3.86. The largest absolute Gasteiger partial charge is 0.367 e. The number of aromatic amines is 1. The molecule has 3 aromatic rings. The summed E-state index contributed by atoms with van der Waals surface area (Å²) in [5, 5.41) is 14.1. The fourth-order valence-corrected chi connectivity index (χ4v) is 3.98. The molecule has 0 bridgehead atoms. The molecule has 35 heavy (non-hydrogen) atoms. The molecule has 0 saturated carbocycles. The minimum absolute atomic E-state index is 0.0567. The van der Waals surface area contributed by atoms with Gasteiger partial charge in [-0.05, 0) is 71.1 Å². The number of benzene rings is 1. The van der Waals surface area contributed by atoms with Crippen LogP contribution in [0.5, 0.6) is 0 Å². The summed E-state index contributed by atoms with van der Waals surface area (Å²) in [6.07, 6.45) is 1.14. The number of aromatic nitrogens is 2. The molecule has 2 heterocycles. The molecule has 0 radical (unpaired) electrons. The van der Waals surface area contributed by atoms with Gasteiger partial charge in [-0.25, -0.2) is 4.98 Å². The first-order chi connectivity index (χ1) is 16.6. The molecule has 0 aliphatic heterocycles. The molecule has 8 nitrogen and oxygen atoms in total. The molecular weight excluding hydrogens is 440 g/mol. The van der Waals surface area contributed by atoms with E-state index in [2.05, 4.69) is 32.7 Å². The molecular formula is C27H34N6O2. The molecule has 8 heteroatoms. The Kier molecular flexibility index (Phi) is 8.19. The summed E-state index contributed by atoms with van der Waals surface area (Å²) in [4.78, 5) is 35.4. The Hall–Kier alpha value is -3.78. The van der Waals surface area contributed by atoms with E-state index in [1.165, 1.54) is 0 Å². The summed E-state index contributed by atoms with van der Waals surface area (Å²) in [5.41, 5.74) is 5.25. The van der Waals surface area contributed by atoms with E-state index in [0.29, 0.717) is 28.2 Å². The van der Waals surface area contributed by atoms with Crippen LogP contribution in [-0.2, 0) is 13.1 Å². The number of rotatable bonds is 9. The average Bonchev–Trinajstić information content (AvgIpc) is 2.77. The SMILES string of the molecule is Cc1cc(C)c(CNC(=O)c2cc(-c3cccc(CN(C)C)c3)nc(NC(C)C)c2C=N)c(=O)[nH]1. The Bertz CT molecular complexity index is 1290. The van der Waals surface area contributed by atoms with E-state index in [1.54, 1.807) is 6.07 Å². The summed E-state index contributed by atoms with van der Waals surface area (Å²) in [6.45, 7) is 8.49. The topological polar surface area (TPSA) is 114 Å². The minimum Gasteiger partial charge on any atom is -0.367 e. The smallest absolute Gasteiger partial charge is 0.253 e. The fraction of sp³-hybridized carbons (Fsp3) is 0.333. The average molecular weight is 475 g/mol. The number of carbonyl (C=O) groups excluding carboxylic acids is 1. The summed E-state index contributed by atoms with van der Waals surface area (Å²) in [5.74, 6) is 0.0998. The lowest BCUT2D eigenvalue weighted by Crippen LogP contribution is -2.29. The first-order valence-corrected chi connectivity index (χ1v) is 11.6. The highest BCUT2D eigenvalue weighted by molar-refractivity contribution is 6.05. The molecule has 1 aromatic carbocycles. The van der Waals surface area contributed by atoms with Crippen molar-refractivity contribution in [3.8, 4) is 11.3 Å². The number of pyridine rings is 2. The van der Waals surface area contributed by atoms with Gasteiger partial charge in [0, 0.05) is 47.7 Å². The Morgan fingerprint density at radius 2 is 1.94 bits per heavy atom. The van der Waals surface area contributed by atoms with E-state index >= 15 is 0 Å². The van der Waals surface area contributed by atoms with Crippen LogP contribution in [0.1, 0.15) is 52.2 Å². The second-order valence-electron chi connectivity index (χ2n) is 9.32. The monoisotopic (exact) mass is 474 g/mol. The van der Waals surface area contributed by atoms with Gasteiger partial charge in [0.05, 0.1) is 11.3 Å². The van der Waals surface area contributed by atoms with E-state index in [0.717, 1.165) is 35.1 Å². The lowest BCUT2D eigenvalue weighted by atomic mass is 10.0. The number of aryl methyl sites for hydroxylation is 2. The molecule has 2 aromatic heterocycles. The quantitative estimate of drug-likeness (QED) is 0.352. The number of hydrogen-bond donors (Lipinski definition) is 4. The van der Waals surface area contributed by atoms with Crippen molar-refractivity contribution in [3.05, 3.63) is 80.3 Å². The van der Waals surface area contributed by atoms with Crippen LogP contribution in [-0.4, -0.2) is 47.1 Å². The van der Waals surface area contributed by atoms with Crippen molar-refractivity contribution >= 4 is 17.9 Å². The molecule has 0 unspecified atom stereocenters. The summed E-state index contributed by atoms with van der Waals surface area (Å²) in [6, 6.07) is 11.7. The van der Waals surface area contributed by atoms with Gasteiger partial charge in [0.2, 0.25) is 0 Å². The molecule has 3 rings (SSSR count).